The molecule has 1 aliphatic rings. The van der Waals surface area contributed by atoms with Crippen LogP contribution in [0.4, 0.5) is 11.4 Å². The molecule has 0 bridgehead atoms. The minimum Gasteiger partial charge on any atom is -0.497 e. The van der Waals surface area contributed by atoms with Crippen molar-refractivity contribution in [2.75, 3.05) is 17.3 Å². The molecule has 1 aliphatic heterocycles. The summed E-state index contributed by atoms with van der Waals surface area (Å²) in [6.07, 6.45) is 0. The van der Waals surface area contributed by atoms with E-state index in [1.54, 1.807) is 36.3 Å². The van der Waals surface area contributed by atoms with Gasteiger partial charge in [-0.3, -0.25) is 10.2 Å². The minimum absolute atomic E-state index is 0.0154. The molecule has 192 valence electrons. The van der Waals surface area contributed by atoms with E-state index in [1.165, 1.54) is 12.1 Å². The van der Waals surface area contributed by atoms with Gasteiger partial charge in [-0.15, -0.1) is 0 Å². The van der Waals surface area contributed by atoms with Crippen molar-refractivity contribution in [2.24, 2.45) is 10.2 Å². The van der Waals surface area contributed by atoms with Gasteiger partial charge in [0.2, 0.25) is 10.0 Å². The molecule has 4 N–H and O–H groups in total. The SMILES string of the molecule is COc1ccc2c(c1)C(=NNC(=S)Nc1ccccc1S(N)(=O)=O)C(=O)N2Cc1cccc2ccccc12. The minimum atomic E-state index is -3.98. The number of carbonyl (C=O) groups is 1. The summed E-state index contributed by atoms with van der Waals surface area (Å²) < 4.78 is 29.2. The Morgan fingerprint density at radius 3 is 2.55 bits per heavy atom. The van der Waals surface area contributed by atoms with Gasteiger partial charge >= 0.3 is 0 Å². The quantitative estimate of drug-likeness (QED) is 0.249. The van der Waals surface area contributed by atoms with E-state index in [0.29, 0.717) is 23.5 Å². The van der Waals surface area contributed by atoms with Crippen molar-refractivity contribution in [3.8, 4) is 5.75 Å². The number of methoxy groups -OCH3 is 1. The number of fused-ring (bicyclic) bond motifs is 2. The van der Waals surface area contributed by atoms with Gasteiger partial charge in [0.05, 0.1) is 25.0 Å². The fourth-order valence-electron chi connectivity index (χ4n) is 4.36. The summed E-state index contributed by atoms with van der Waals surface area (Å²) in [6, 6.07) is 25.4. The van der Waals surface area contributed by atoms with E-state index in [4.69, 9.17) is 22.1 Å². The lowest BCUT2D eigenvalue weighted by Gasteiger charge is -2.18. The zero-order valence-electron chi connectivity index (χ0n) is 20.2. The van der Waals surface area contributed by atoms with Crippen molar-refractivity contribution in [3.63, 3.8) is 0 Å². The Morgan fingerprint density at radius 1 is 1.03 bits per heavy atom. The molecule has 38 heavy (non-hydrogen) atoms. The monoisotopic (exact) mass is 545 g/mol. The largest absolute Gasteiger partial charge is 0.497 e. The number of sulfonamides is 1. The maximum absolute atomic E-state index is 13.6. The number of hydrazone groups is 1. The molecular weight excluding hydrogens is 522 g/mol. The Hall–Kier alpha value is -4.32. The van der Waals surface area contributed by atoms with Crippen molar-refractivity contribution in [2.45, 2.75) is 11.4 Å². The average molecular weight is 546 g/mol. The maximum atomic E-state index is 13.6. The van der Waals surface area contributed by atoms with Gasteiger partial charge in [-0.2, -0.15) is 5.10 Å². The molecule has 9 nitrogen and oxygen atoms in total. The second kappa shape index (κ2) is 10.2. The van der Waals surface area contributed by atoms with Crippen LogP contribution < -0.4 is 25.5 Å². The molecule has 0 saturated carbocycles. The van der Waals surface area contributed by atoms with Crippen molar-refractivity contribution in [1.29, 1.82) is 0 Å². The Bertz CT molecular complexity index is 1710. The van der Waals surface area contributed by atoms with Crippen LogP contribution in [-0.2, 0) is 21.4 Å². The third kappa shape index (κ3) is 4.94. The predicted molar refractivity (Wildman–Crippen MR) is 152 cm³/mol. The molecule has 4 aromatic rings. The summed E-state index contributed by atoms with van der Waals surface area (Å²) >= 11 is 5.31. The highest BCUT2D eigenvalue weighted by atomic mass is 32.2. The van der Waals surface area contributed by atoms with Crippen LogP contribution in [0.2, 0.25) is 0 Å². The highest BCUT2D eigenvalue weighted by Gasteiger charge is 2.35. The number of amides is 1. The Labute approximate surface area is 225 Å². The summed E-state index contributed by atoms with van der Waals surface area (Å²) in [5.41, 5.74) is 5.24. The summed E-state index contributed by atoms with van der Waals surface area (Å²) in [7, 11) is -2.43. The summed E-state index contributed by atoms with van der Waals surface area (Å²) in [5.74, 6) is 0.250. The van der Waals surface area contributed by atoms with E-state index in [1.807, 2.05) is 48.5 Å². The van der Waals surface area contributed by atoms with E-state index < -0.39 is 10.0 Å². The highest BCUT2D eigenvalue weighted by molar-refractivity contribution is 7.89. The van der Waals surface area contributed by atoms with Gasteiger partial charge in [0.15, 0.2) is 10.8 Å². The predicted octanol–water partition coefficient (Wildman–Crippen LogP) is 3.73. The summed E-state index contributed by atoms with van der Waals surface area (Å²) in [5, 5.41) is 14.5. The number of para-hydroxylation sites is 1. The van der Waals surface area contributed by atoms with Crippen molar-refractivity contribution >= 4 is 61.1 Å². The highest BCUT2D eigenvalue weighted by Crippen LogP contribution is 2.34. The van der Waals surface area contributed by atoms with Gasteiger partial charge in [-0.1, -0.05) is 54.6 Å². The first-order chi connectivity index (χ1) is 18.3. The van der Waals surface area contributed by atoms with Crippen LogP contribution in [0.1, 0.15) is 11.1 Å². The first-order valence-corrected chi connectivity index (χ1v) is 13.4. The third-order valence-electron chi connectivity index (χ3n) is 6.12. The summed E-state index contributed by atoms with van der Waals surface area (Å²) in [4.78, 5) is 15.2. The molecule has 0 unspecified atom stereocenters. The van der Waals surface area contributed by atoms with Crippen LogP contribution in [0.5, 0.6) is 5.75 Å². The number of anilines is 2. The van der Waals surface area contributed by atoms with Crippen LogP contribution >= 0.6 is 12.2 Å². The molecule has 5 rings (SSSR count). The number of nitrogens with zero attached hydrogens (tertiary/aromatic N) is 2. The number of primary sulfonamides is 1. The molecule has 4 aromatic carbocycles. The van der Waals surface area contributed by atoms with Crippen LogP contribution in [-0.4, -0.2) is 32.3 Å². The Balaban J connectivity index is 1.45. The van der Waals surface area contributed by atoms with Crippen molar-refractivity contribution < 1.29 is 17.9 Å². The smallest absolute Gasteiger partial charge is 0.279 e. The van der Waals surface area contributed by atoms with Gasteiger partial charge in [0.1, 0.15) is 10.6 Å². The van der Waals surface area contributed by atoms with Crippen molar-refractivity contribution in [3.05, 3.63) is 96.1 Å². The topological polar surface area (TPSA) is 126 Å². The average Bonchev–Trinajstić information content (AvgIpc) is 3.17. The number of hydrogen-bond donors (Lipinski definition) is 3. The Morgan fingerprint density at radius 2 is 1.76 bits per heavy atom. The first-order valence-electron chi connectivity index (χ1n) is 11.5. The van der Waals surface area contributed by atoms with Gasteiger partial charge in [-0.25, -0.2) is 13.6 Å². The second-order valence-electron chi connectivity index (χ2n) is 8.48. The lowest BCUT2D eigenvalue weighted by molar-refractivity contribution is -0.112. The van der Waals surface area contributed by atoms with E-state index >= 15 is 0 Å². The fourth-order valence-corrected chi connectivity index (χ4v) is 5.21. The van der Waals surface area contributed by atoms with Gasteiger partial charge < -0.3 is 15.0 Å². The van der Waals surface area contributed by atoms with Crippen LogP contribution in [0, 0.1) is 0 Å². The number of thiocarbonyl (C=S) groups is 1. The standard InChI is InChI=1S/C27H23N5O4S2/c1-36-19-13-14-23-21(15-19)25(30-31-27(37)29-22-11-4-5-12-24(22)38(28,34)35)26(33)32(23)16-18-9-6-8-17-7-2-3-10-20(17)18/h2-15H,16H2,1H3,(H2,28,34,35)(H2,29,31,37). The molecule has 0 aromatic heterocycles. The first kappa shape index (κ1) is 25.3. The molecule has 0 atom stereocenters. The number of rotatable bonds is 6. The number of hydrogen-bond acceptors (Lipinski definition) is 6. The van der Waals surface area contributed by atoms with E-state index in [9.17, 15) is 13.2 Å². The lowest BCUT2D eigenvalue weighted by atomic mass is 10.0. The van der Waals surface area contributed by atoms with Crippen molar-refractivity contribution in [1.82, 2.24) is 5.43 Å². The fraction of sp³-hybridized carbons (Fsp3) is 0.0741. The molecule has 0 radical (unpaired) electrons. The van der Waals surface area contributed by atoms with Crippen LogP contribution in [0.25, 0.3) is 10.8 Å². The molecule has 0 spiro atoms. The lowest BCUT2D eigenvalue weighted by Crippen LogP contribution is -2.32. The number of benzene rings is 4. The zero-order chi connectivity index (χ0) is 26.9. The van der Waals surface area contributed by atoms with Gasteiger partial charge in [0, 0.05) is 5.56 Å². The maximum Gasteiger partial charge on any atom is 0.279 e. The zero-order valence-corrected chi connectivity index (χ0v) is 21.8. The molecule has 1 amide bonds. The van der Waals surface area contributed by atoms with Gasteiger partial charge in [-0.05, 0) is 58.9 Å². The molecular formula is C27H23N5O4S2. The number of ether oxygens (including phenoxy) is 1. The number of carbonyl (C=O) groups excluding carboxylic acids is 1. The number of nitrogens with one attached hydrogen (secondary N) is 2. The van der Waals surface area contributed by atoms with E-state index in [0.717, 1.165) is 16.3 Å². The molecule has 0 saturated heterocycles. The van der Waals surface area contributed by atoms with Crippen LogP contribution in [0.3, 0.4) is 0 Å². The number of nitrogens with two attached hydrogens (primary N) is 1. The van der Waals surface area contributed by atoms with E-state index in [2.05, 4.69) is 15.8 Å². The molecule has 1 heterocycles. The van der Waals surface area contributed by atoms with E-state index in [-0.39, 0.29) is 27.3 Å². The molecule has 0 fully saturated rings. The Kier molecular flexibility index (Phi) is 6.81. The van der Waals surface area contributed by atoms with Gasteiger partial charge in [0.25, 0.3) is 5.91 Å². The second-order valence-corrected chi connectivity index (χ2v) is 10.4. The van der Waals surface area contributed by atoms with Crippen LogP contribution in [0.15, 0.2) is 94.9 Å². The normalized spacial score (nSPS) is 14.0. The third-order valence-corrected chi connectivity index (χ3v) is 7.28. The molecule has 0 aliphatic carbocycles. The molecule has 11 heteroatoms. The summed E-state index contributed by atoms with van der Waals surface area (Å²) in [6.45, 7) is 0.336.